The Labute approximate surface area is 107 Å². The van der Waals surface area contributed by atoms with Gasteiger partial charge in [0.15, 0.2) is 0 Å². The Morgan fingerprint density at radius 3 is 2.67 bits per heavy atom. The second-order valence-electron chi connectivity index (χ2n) is 5.22. The highest BCUT2D eigenvalue weighted by Crippen LogP contribution is 2.43. The summed E-state index contributed by atoms with van der Waals surface area (Å²) in [5, 5.41) is 0. The average molecular weight is 247 g/mol. The first-order valence-electron chi connectivity index (χ1n) is 6.34. The number of amides is 1. The molecule has 18 heavy (non-hydrogen) atoms. The fourth-order valence-electron chi connectivity index (χ4n) is 2.36. The van der Waals surface area contributed by atoms with Crippen LogP contribution in [0.4, 0.5) is 4.39 Å². The Morgan fingerprint density at radius 1 is 1.50 bits per heavy atom. The summed E-state index contributed by atoms with van der Waals surface area (Å²) >= 11 is 0. The molecular weight excluding hydrogens is 229 g/mol. The fraction of sp³-hybridized carbons (Fsp3) is 0.467. The Balaban J connectivity index is 2.49. The van der Waals surface area contributed by atoms with Crippen molar-refractivity contribution >= 4 is 12.6 Å². The van der Waals surface area contributed by atoms with E-state index in [1.165, 1.54) is 0 Å². The van der Waals surface area contributed by atoms with Crippen LogP contribution < -0.4 is 0 Å². The van der Waals surface area contributed by atoms with Gasteiger partial charge in [-0.1, -0.05) is 13.8 Å². The number of carbonyl (C=O) groups is 1. The lowest BCUT2D eigenvalue weighted by atomic mass is 9.89. The van der Waals surface area contributed by atoms with Crippen molar-refractivity contribution in [3.63, 3.8) is 0 Å². The maximum Gasteiger partial charge on any atom is 0.249 e. The summed E-state index contributed by atoms with van der Waals surface area (Å²) in [5.74, 6) is 0.172. The smallest absolute Gasteiger partial charge is 0.249 e. The highest BCUT2D eigenvalue weighted by atomic mass is 19.1. The zero-order chi connectivity index (χ0) is 13.3. The normalized spacial score (nSPS) is 14.9. The van der Waals surface area contributed by atoms with Crippen LogP contribution in [0.25, 0.3) is 0 Å². The monoisotopic (exact) mass is 247 g/mol. The van der Waals surface area contributed by atoms with Crippen molar-refractivity contribution in [1.82, 2.24) is 0 Å². The van der Waals surface area contributed by atoms with Crippen molar-refractivity contribution in [2.45, 2.75) is 44.9 Å². The molecule has 96 valence electrons. The molecule has 2 nitrogen and oxygen atoms in total. The van der Waals surface area contributed by atoms with Gasteiger partial charge in [-0.05, 0) is 60.2 Å². The van der Waals surface area contributed by atoms with Gasteiger partial charge < -0.3 is 0 Å². The summed E-state index contributed by atoms with van der Waals surface area (Å²) in [5.41, 5.74) is 2.89. The number of carbonyl (C=O) groups excluding carboxylic acids is 1. The zero-order valence-electron chi connectivity index (χ0n) is 10.9. The van der Waals surface area contributed by atoms with E-state index in [-0.39, 0.29) is 24.1 Å². The van der Waals surface area contributed by atoms with Gasteiger partial charge in [0.25, 0.3) is 0 Å². The highest BCUT2D eigenvalue weighted by Gasteiger charge is 2.29. The fourth-order valence-corrected chi connectivity index (χ4v) is 2.36. The lowest BCUT2D eigenvalue weighted by molar-refractivity contribution is -0.117. The predicted octanol–water partition coefficient (Wildman–Crippen LogP) is 3.60. The molecule has 1 saturated carbocycles. The molecule has 1 aliphatic carbocycles. The molecule has 0 saturated heterocycles. The van der Waals surface area contributed by atoms with Crippen LogP contribution in [0.3, 0.4) is 0 Å². The van der Waals surface area contributed by atoms with E-state index >= 15 is 0 Å². The molecule has 1 fully saturated rings. The van der Waals surface area contributed by atoms with E-state index in [1.54, 1.807) is 12.1 Å². The molecule has 0 spiro atoms. The minimum atomic E-state index is -0.245. The van der Waals surface area contributed by atoms with Crippen LogP contribution in [0.5, 0.6) is 0 Å². The number of halogens is 1. The van der Waals surface area contributed by atoms with Gasteiger partial charge in [0, 0.05) is 0 Å². The van der Waals surface area contributed by atoms with Crippen molar-refractivity contribution in [3.8, 4) is 0 Å². The Morgan fingerprint density at radius 2 is 2.17 bits per heavy atom. The summed E-state index contributed by atoms with van der Waals surface area (Å²) < 4.78 is 13.7. The molecular formula is C15H18FNO. The van der Waals surface area contributed by atoms with Crippen LogP contribution >= 0.6 is 0 Å². The quantitative estimate of drug-likeness (QED) is 0.747. The van der Waals surface area contributed by atoms with Gasteiger partial charge in [-0.15, -0.1) is 0 Å². The minimum Gasteiger partial charge on any atom is -0.272 e. The van der Waals surface area contributed by atoms with Gasteiger partial charge in [0.05, 0.1) is 6.42 Å². The van der Waals surface area contributed by atoms with E-state index < -0.39 is 0 Å². The summed E-state index contributed by atoms with van der Waals surface area (Å²) in [6, 6.07) is 3.12. The topological polar surface area (TPSA) is 29.4 Å². The minimum absolute atomic E-state index is 0.200. The molecule has 0 atom stereocenters. The zero-order valence-corrected chi connectivity index (χ0v) is 10.9. The molecule has 0 aromatic heterocycles. The molecule has 1 aliphatic rings. The van der Waals surface area contributed by atoms with Gasteiger partial charge in [-0.25, -0.2) is 9.38 Å². The SMILES string of the molecule is C=NC(=O)Cc1c(C(C)C)cc(F)cc1C1CC1. The van der Waals surface area contributed by atoms with Crippen LogP contribution in [0.1, 0.15) is 55.2 Å². The van der Waals surface area contributed by atoms with E-state index in [2.05, 4.69) is 11.7 Å². The Bertz CT molecular complexity index is 466. The highest BCUT2D eigenvalue weighted by molar-refractivity contribution is 5.83. The number of nitrogens with zero attached hydrogens (tertiary/aromatic N) is 1. The molecule has 0 radical (unpaired) electrons. The average Bonchev–Trinajstić information content (AvgIpc) is 3.14. The molecule has 0 N–H and O–H groups in total. The number of benzene rings is 1. The number of aliphatic imine (C=N–C) groups is 1. The standard InChI is InChI=1S/C15H18FNO/c1-9(2)12-6-11(16)7-13(10-4-5-10)14(12)8-15(18)17-3/h6-7,9-10H,3-5,8H2,1-2H3. The van der Waals surface area contributed by atoms with Gasteiger partial charge in [0.1, 0.15) is 5.82 Å². The molecule has 0 unspecified atom stereocenters. The van der Waals surface area contributed by atoms with E-state index in [1.807, 2.05) is 13.8 Å². The largest absolute Gasteiger partial charge is 0.272 e. The van der Waals surface area contributed by atoms with Gasteiger partial charge in [-0.3, -0.25) is 4.79 Å². The number of rotatable bonds is 4. The van der Waals surface area contributed by atoms with E-state index in [0.717, 1.165) is 29.5 Å². The molecule has 1 aromatic rings. The Hall–Kier alpha value is -1.51. The molecule has 3 heteroatoms. The summed E-state index contributed by atoms with van der Waals surface area (Å²) in [7, 11) is 0. The number of hydrogen-bond acceptors (Lipinski definition) is 1. The van der Waals surface area contributed by atoms with Crippen LogP contribution in [0, 0.1) is 5.82 Å². The van der Waals surface area contributed by atoms with Crippen molar-refractivity contribution in [2.24, 2.45) is 4.99 Å². The second-order valence-corrected chi connectivity index (χ2v) is 5.22. The van der Waals surface area contributed by atoms with E-state index in [9.17, 15) is 9.18 Å². The summed E-state index contributed by atoms with van der Waals surface area (Å²) in [6.07, 6.45) is 2.41. The molecule has 1 aromatic carbocycles. The van der Waals surface area contributed by atoms with Crippen molar-refractivity contribution < 1.29 is 9.18 Å². The molecule has 0 heterocycles. The first kappa shape index (κ1) is 12.9. The first-order valence-corrected chi connectivity index (χ1v) is 6.34. The molecule has 2 rings (SSSR count). The van der Waals surface area contributed by atoms with E-state index in [0.29, 0.717) is 5.92 Å². The van der Waals surface area contributed by atoms with Crippen LogP contribution in [-0.2, 0) is 11.2 Å². The predicted molar refractivity (Wildman–Crippen MR) is 70.7 cm³/mol. The second kappa shape index (κ2) is 5.01. The van der Waals surface area contributed by atoms with Gasteiger partial charge in [0.2, 0.25) is 5.91 Å². The molecule has 0 bridgehead atoms. The van der Waals surface area contributed by atoms with Gasteiger partial charge >= 0.3 is 0 Å². The third kappa shape index (κ3) is 2.66. The van der Waals surface area contributed by atoms with Crippen molar-refractivity contribution in [3.05, 3.63) is 34.6 Å². The third-order valence-corrected chi connectivity index (χ3v) is 3.43. The maximum atomic E-state index is 13.7. The van der Waals surface area contributed by atoms with Crippen molar-refractivity contribution in [1.29, 1.82) is 0 Å². The number of hydrogen-bond donors (Lipinski definition) is 0. The van der Waals surface area contributed by atoms with Crippen LogP contribution in [-0.4, -0.2) is 12.6 Å². The lowest BCUT2D eigenvalue weighted by Gasteiger charge is -2.16. The summed E-state index contributed by atoms with van der Waals surface area (Å²) in [4.78, 5) is 15.0. The molecule has 0 aliphatic heterocycles. The first-order chi connectivity index (χ1) is 8.52. The van der Waals surface area contributed by atoms with Crippen LogP contribution in [0.15, 0.2) is 17.1 Å². The van der Waals surface area contributed by atoms with Crippen molar-refractivity contribution in [2.75, 3.05) is 0 Å². The maximum absolute atomic E-state index is 13.7. The summed E-state index contributed by atoms with van der Waals surface area (Å²) in [6.45, 7) is 7.29. The Kier molecular flexibility index (Phi) is 3.60. The third-order valence-electron chi connectivity index (χ3n) is 3.43. The van der Waals surface area contributed by atoms with Gasteiger partial charge in [-0.2, -0.15) is 0 Å². The molecule has 1 amide bonds. The lowest BCUT2D eigenvalue weighted by Crippen LogP contribution is -2.08. The van der Waals surface area contributed by atoms with Crippen LogP contribution in [0.2, 0.25) is 0 Å². The van der Waals surface area contributed by atoms with E-state index in [4.69, 9.17) is 0 Å².